The third kappa shape index (κ3) is 3.98. The number of thioether (sulfide) groups is 1. The highest BCUT2D eigenvalue weighted by Gasteiger charge is 2.31. The summed E-state index contributed by atoms with van der Waals surface area (Å²) in [5.74, 6) is 2.76. The Hall–Kier alpha value is -0.710. The highest BCUT2D eigenvalue weighted by Crippen LogP contribution is 2.27. The average molecular weight is 341 g/mol. The van der Waals surface area contributed by atoms with Crippen LogP contribution in [0.4, 0.5) is 0 Å². The van der Waals surface area contributed by atoms with Crippen LogP contribution in [0.2, 0.25) is 0 Å². The molecule has 2 fully saturated rings. The van der Waals surface area contributed by atoms with Crippen molar-refractivity contribution in [3.63, 3.8) is 0 Å². The third-order valence-corrected chi connectivity index (χ3v) is 5.44. The maximum Gasteiger partial charge on any atom is 0.253 e. The van der Waals surface area contributed by atoms with Gasteiger partial charge in [-0.05, 0) is 61.7 Å². The lowest BCUT2D eigenvalue weighted by atomic mass is 9.92. The number of benzene rings is 1. The summed E-state index contributed by atoms with van der Waals surface area (Å²) in [5.41, 5.74) is 2.13. The first-order valence-electron chi connectivity index (χ1n) is 7.86. The van der Waals surface area contributed by atoms with Crippen LogP contribution in [-0.2, 0) is 5.75 Å². The number of hydrogen-bond donors (Lipinski definition) is 1. The number of halogens is 1. The summed E-state index contributed by atoms with van der Waals surface area (Å²) in [6, 6.07) is 8.14. The predicted octanol–water partition coefficient (Wildman–Crippen LogP) is 3.04. The maximum absolute atomic E-state index is 12.6. The number of amides is 1. The van der Waals surface area contributed by atoms with Gasteiger partial charge in [-0.1, -0.05) is 12.1 Å². The molecule has 2 aliphatic heterocycles. The van der Waals surface area contributed by atoms with Crippen LogP contribution in [0, 0.1) is 11.8 Å². The van der Waals surface area contributed by atoms with Gasteiger partial charge < -0.3 is 10.2 Å². The maximum atomic E-state index is 12.6. The van der Waals surface area contributed by atoms with Crippen LogP contribution in [0.1, 0.15) is 28.8 Å². The first-order valence-corrected chi connectivity index (χ1v) is 9.25. The van der Waals surface area contributed by atoms with Crippen LogP contribution in [-0.4, -0.2) is 43.2 Å². The van der Waals surface area contributed by atoms with E-state index in [0.29, 0.717) is 0 Å². The van der Waals surface area contributed by atoms with Gasteiger partial charge in [-0.25, -0.2) is 0 Å². The minimum absolute atomic E-state index is 0. The van der Waals surface area contributed by atoms with E-state index < -0.39 is 0 Å². The number of nitrogens with zero attached hydrogens (tertiary/aromatic N) is 1. The lowest BCUT2D eigenvalue weighted by Gasteiger charge is -2.21. The molecule has 0 unspecified atom stereocenters. The lowest BCUT2D eigenvalue weighted by molar-refractivity contribution is 0.0758. The number of carbonyl (C=O) groups is 1. The number of likely N-dealkylation sites (tertiary alicyclic amines) is 1. The molecule has 2 atom stereocenters. The predicted molar refractivity (Wildman–Crippen MR) is 95.9 cm³/mol. The Morgan fingerprint density at radius 1 is 1.18 bits per heavy atom. The summed E-state index contributed by atoms with van der Waals surface area (Å²) in [6.45, 7) is 4.09. The van der Waals surface area contributed by atoms with E-state index in [2.05, 4.69) is 28.6 Å². The van der Waals surface area contributed by atoms with Gasteiger partial charge in [0.1, 0.15) is 0 Å². The zero-order valence-electron chi connectivity index (χ0n) is 13.1. The number of rotatable bonds is 3. The van der Waals surface area contributed by atoms with Crippen LogP contribution in [0.5, 0.6) is 0 Å². The van der Waals surface area contributed by atoms with Gasteiger partial charge in [0.15, 0.2) is 0 Å². The normalized spacial score (nSPS) is 24.3. The van der Waals surface area contributed by atoms with Crippen molar-refractivity contribution in [2.24, 2.45) is 11.8 Å². The standard InChI is InChI=1S/C17H24N2OS.ClH/c1-21-12-13-2-4-14(5-3-13)17(20)19-8-6-15-10-18-11-16(15)7-9-19;/h2-5,15-16,18H,6-12H2,1H3;1H/t15-,16+;. The number of hydrogen-bond acceptors (Lipinski definition) is 3. The fourth-order valence-corrected chi connectivity index (χ4v) is 4.04. The summed E-state index contributed by atoms with van der Waals surface area (Å²) in [4.78, 5) is 14.7. The van der Waals surface area contributed by atoms with Crippen LogP contribution in [0.15, 0.2) is 24.3 Å². The van der Waals surface area contributed by atoms with E-state index in [1.165, 1.54) is 5.56 Å². The smallest absolute Gasteiger partial charge is 0.253 e. The molecule has 0 aliphatic carbocycles. The van der Waals surface area contributed by atoms with E-state index in [1.54, 1.807) is 0 Å². The largest absolute Gasteiger partial charge is 0.339 e. The summed E-state index contributed by atoms with van der Waals surface area (Å²) in [5, 5.41) is 3.48. The minimum Gasteiger partial charge on any atom is -0.339 e. The van der Waals surface area contributed by atoms with E-state index in [9.17, 15) is 4.79 Å². The van der Waals surface area contributed by atoms with Gasteiger partial charge >= 0.3 is 0 Å². The van der Waals surface area contributed by atoms with Gasteiger partial charge in [0, 0.05) is 24.4 Å². The minimum atomic E-state index is 0. The Kier molecular flexibility index (Phi) is 6.60. The molecule has 0 radical (unpaired) electrons. The highest BCUT2D eigenvalue weighted by atomic mass is 35.5. The summed E-state index contributed by atoms with van der Waals surface area (Å²) in [7, 11) is 0. The zero-order valence-corrected chi connectivity index (χ0v) is 14.7. The molecule has 22 heavy (non-hydrogen) atoms. The number of nitrogens with one attached hydrogen (secondary N) is 1. The van der Waals surface area contributed by atoms with Gasteiger partial charge in [-0.2, -0.15) is 11.8 Å². The van der Waals surface area contributed by atoms with Crippen LogP contribution in [0.25, 0.3) is 0 Å². The van der Waals surface area contributed by atoms with Gasteiger partial charge in [-0.3, -0.25) is 4.79 Å². The molecule has 122 valence electrons. The second-order valence-electron chi connectivity index (χ2n) is 6.18. The van der Waals surface area contributed by atoms with E-state index in [1.807, 2.05) is 23.9 Å². The molecule has 0 spiro atoms. The molecule has 0 bridgehead atoms. The van der Waals surface area contributed by atoms with E-state index in [4.69, 9.17) is 0 Å². The molecule has 2 heterocycles. The Labute approximate surface area is 143 Å². The molecule has 2 saturated heterocycles. The van der Waals surface area contributed by atoms with Crippen molar-refractivity contribution in [2.75, 3.05) is 32.4 Å². The lowest BCUT2D eigenvalue weighted by Crippen LogP contribution is -2.32. The van der Waals surface area contributed by atoms with Gasteiger partial charge in [-0.15, -0.1) is 12.4 Å². The summed E-state index contributed by atoms with van der Waals surface area (Å²) < 4.78 is 0. The van der Waals surface area contributed by atoms with Crippen LogP contribution in [0.3, 0.4) is 0 Å². The van der Waals surface area contributed by atoms with Crippen molar-refractivity contribution in [2.45, 2.75) is 18.6 Å². The molecule has 2 aliphatic rings. The van der Waals surface area contributed by atoms with Crippen molar-refractivity contribution in [1.82, 2.24) is 10.2 Å². The van der Waals surface area contributed by atoms with Crippen molar-refractivity contribution in [1.29, 1.82) is 0 Å². The summed E-state index contributed by atoms with van der Waals surface area (Å²) in [6.07, 6.45) is 4.39. The summed E-state index contributed by atoms with van der Waals surface area (Å²) >= 11 is 1.81. The van der Waals surface area contributed by atoms with E-state index in [0.717, 1.165) is 62.2 Å². The van der Waals surface area contributed by atoms with Crippen molar-refractivity contribution in [3.05, 3.63) is 35.4 Å². The van der Waals surface area contributed by atoms with Gasteiger partial charge in [0.2, 0.25) is 0 Å². The topological polar surface area (TPSA) is 32.3 Å². The highest BCUT2D eigenvalue weighted by molar-refractivity contribution is 7.97. The molecule has 1 aromatic carbocycles. The average Bonchev–Trinajstić information content (AvgIpc) is 2.86. The second kappa shape index (κ2) is 8.23. The van der Waals surface area contributed by atoms with Gasteiger partial charge in [0.25, 0.3) is 5.91 Å². The van der Waals surface area contributed by atoms with Crippen molar-refractivity contribution >= 4 is 30.1 Å². The first-order chi connectivity index (χ1) is 10.3. The monoisotopic (exact) mass is 340 g/mol. The molecular formula is C17H25ClN2OS. The second-order valence-corrected chi connectivity index (χ2v) is 7.04. The Bertz CT molecular complexity index is 480. The molecule has 3 nitrogen and oxygen atoms in total. The zero-order chi connectivity index (χ0) is 14.7. The first kappa shape index (κ1) is 17.6. The molecule has 3 rings (SSSR count). The number of carbonyl (C=O) groups excluding carboxylic acids is 1. The fraction of sp³-hybridized carbons (Fsp3) is 0.588. The molecule has 5 heteroatoms. The molecular weight excluding hydrogens is 316 g/mol. The van der Waals surface area contributed by atoms with Gasteiger partial charge in [0.05, 0.1) is 0 Å². The number of fused-ring (bicyclic) bond motifs is 1. The van der Waals surface area contributed by atoms with E-state index in [-0.39, 0.29) is 18.3 Å². The fourth-order valence-electron chi connectivity index (χ4n) is 3.51. The molecule has 1 amide bonds. The van der Waals surface area contributed by atoms with E-state index >= 15 is 0 Å². The molecule has 1 aromatic rings. The quantitative estimate of drug-likeness (QED) is 0.918. The van der Waals surface area contributed by atoms with Crippen LogP contribution < -0.4 is 5.32 Å². The Balaban J connectivity index is 0.00000176. The molecule has 0 aromatic heterocycles. The third-order valence-electron chi connectivity index (χ3n) is 4.82. The van der Waals surface area contributed by atoms with Crippen LogP contribution >= 0.6 is 24.2 Å². The van der Waals surface area contributed by atoms with Crippen molar-refractivity contribution < 1.29 is 4.79 Å². The molecule has 0 saturated carbocycles. The molecule has 1 N–H and O–H groups in total. The Morgan fingerprint density at radius 3 is 2.32 bits per heavy atom. The Morgan fingerprint density at radius 2 is 1.77 bits per heavy atom. The SMILES string of the molecule is CSCc1ccc(C(=O)N2CC[C@@H]3CNC[C@@H]3CC2)cc1.Cl. The van der Waals surface area contributed by atoms with Crippen molar-refractivity contribution in [3.8, 4) is 0 Å².